The number of ether oxygens (including phenoxy) is 1. The van der Waals surface area contributed by atoms with Gasteiger partial charge in [0.25, 0.3) is 5.91 Å². The number of carbonyl (C=O) groups excluding carboxylic acids is 1. The molecular formula is C22H26N4O2. The van der Waals surface area contributed by atoms with Crippen molar-refractivity contribution in [2.24, 2.45) is 0 Å². The van der Waals surface area contributed by atoms with E-state index in [1.54, 1.807) is 0 Å². The third kappa shape index (κ3) is 3.10. The van der Waals surface area contributed by atoms with Crippen molar-refractivity contribution in [2.45, 2.75) is 44.4 Å². The molecule has 3 aliphatic rings. The van der Waals surface area contributed by atoms with Crippen LogP contribution in [0.4, 0.5) is 0 Å². The normalized spacial score (nSPS) is 24.7. The number of likely N-dealkylation sites (tertiary alicyclic amines) is 1. The number of hydrogen-bond donors (Lipinski definition) is 0. The Kier molecular flexibility index (Phi) is 4.61. The zero-order chi connectivity index (χ0) is 19.1. The van der Waals surface area contributed by atoms with Gasteiger partial charge in [-0.25, -0.2) is 9.97 Å². The van der Waals surface area contributed by atoms with Gasteiger partial charge in [-0.1, -0.05) is 24.3 Å². The van der Waals surface area contributed by atoms with Crippen LogP contribution in [0.15, 0.2) is 30.5 Å². The van der Waals surface area contributed by atoms with E-state index in [0.717, 1.165) is 62.4 Å². The maximum Gasteiger partial charge on any atom is 0.256 e. The molecule has 1 saturated heterocycles. The van der Waals surface area contributed by atoms with Crippen LogP contribution in [-0.2, 0) is 28.9 Å². The summed E-state index contributed by atoms with van der Waals surface area (Å²) in [5, 5.41) is 0. The van der Waals surface area contributed by atoms with Crippen molar-refractivity contribution in [3.8, 4) is 0 Å². The molecule has 5 rings (SSSR count). The minimum Gasteiger partial charge on any atom is -0.363 e. The van der Waals surface area contributed by atoms with Gasteiger partial charge in [-0.3, -0.25) is 4.79 Å². The Hall–Kier alpha value is -2.31. The Morgan fingerprint density at radius 3 is 3.00 bits per heavy atom. The van der Waals surface area contributed by atoms with E-state index >= 15 is 0 Å². The van der Waals surface area contributed by atoms with Crippen LogP contribution in [0.1, 0.15) is 53.2 Å². The molecule has 1 aromatic carbocycles. The Morgan fingerprint density at radius 1 is 1.18 bits per heavy atom. The number of benzene rings is 1. The number of fused-ring (bicyclic) bond motifs is 2. The molecule has 2 aromatic rings. The molecule has 146 valence electrons. The summed E-state index contributed by atoms with van der Waals surface area (Å²) in [6.07, 6.45) is 5.16. The van der Waals surface area contributed by atoms with Gasteiger partial charge in [0.1, 0.15) is 0 Å². The van der Waals surface area contributed by atoms with E-state index in [1.807, 2.05) is 29.3 Å². The molecule has 1 amide bonds. The second-order valence-electron chi connectivity index (χ2n) is 8.08. The first-order valence-corrected chi connectivity index (χ1v) is 10.2. The van der Waals surface area contributed by atoms with E-state index in [-0.39, 0.29) is 11.9 Å². The van der Waals surface area contributed by atoms with Crippen LogP contribution in [0.3, 0.4) is 0 Å². The zero-order valence-corrected chi connectivity index (χ0v) is 16.3. The second-order valence-corrected chi connectivity index (χ2v) is 8.08. The number of carbonyl (C=O) groups is 1. The second kappa shape index (κ2) is 7.26. The summed E-state index contributed by atoms with van der Waals surface area (Å²) in [7, 11) is 2.12. The summed E-state index contributed by atoms with van der Waals surface area (Å²) < 4.78 is 5.93. The average molecular weight is 378 g/mol. The summed E-state index contributed by atoms with van der Waals surface area (Å²) in [6.45, 7) is 3.25. The number of amides is 1. The summed E-state index contributed by atoms with van der Waals surface area (Å²) in [4.78, 5) is 27.2. The molecule has 2 atom stereocenters. The summed E-state index contributed by atoms with van der Waals surface area (Å²) in [5.41, 5.74) is 4.58. The van der Waals surface area contributed by atoms with Gasteiger partial charge in [0, 0.05) is 43.5 Å². The highest BCUT2D eigenvalue weighted by Gasteiger charge is 2.38. The summed E-state index contributed by atoms with van der Waals surface area (Å²) >= 11 is 0. The largest absolute Gasteiger partial charge is 0.363 e. The van der Waals surface area contributed by atoms with Crippen LogP contribution >= 0.6 is 0 Å². The van der Waals surface area contributed by atoms with Crippen LogP contribution < -0.4 is 0 Å². The summed E-state index contributed by atoms with van der Waals surface area (Å²) in [5.74, 6) is 0.842. The molecule has 3 aliphatic heterocycles. The van der Waals surface area contributed by atoms with Gasteiger partial charge in [-0.05, 0) is 37.4 Å². The molecule has 0 unspecified atom stereocenters. The highest BCUT2D eigenvalue weighted by Crippen LogP contribution is 2.36. The monoisotopic (exact) mass is 378 g/mol. The van der Waals surface area contributed by atoms with Crippen molar-refractivity contribution in [1.82, 2.24) is 19.8 Å². The van der Waals surface area contributed by atoms with Crippen molar-refractivity contribution in [3.05, 3.63) is 58.7 Å². The summed E-state index contributed by atoms with van der Waals surface area (Å²) in [6, 6.07) is 8.09. The fourth-order valence-corrected chi connectivity index (χ4v) is 4.68. The molecule has 0 N–H and O–H groups in total. The molecule has 4 heterocycles. The lowest BCUT2D eigenvalue weighted by molar-refractivity contribution is -0.146. The van der Waals surface area contributed by atoms with Crippen molar-refractivity contribution in [2.75, 3.05) is 26.7 Å². The van der Waals surface area contributed by atoms with Crippen molar-refractivity contribution in [1.29, 1.82) is 0 Å². The third-order valence-electron chi connectivity index (χ3n) is 6.20. The molecule has 0 aliphatic carbocycles. The minimum atomic E-state index is -0.503. The van der Waals surface area contributed by atoms with Crippen LogP contribution in [-0.4, -0.2) is 52.4 Å². The van der Waals surface area contributed by atoms with E-state index in [1.165, 1.54) is 11.1 Å². The Bertz CT molecular complexity index is 900. The van der Waals surface area contributed by atoms with Crippen molar-refractivity contribution in [3.63, 3.8) is 0 Å². The first kappa shape index (κ1) is 17.8. The fourth-order valence-electron chi connectivity index (χ4n) is 4.68. The lowest BCUT2D eigenvalue weighted by Gasteiger charge is -2.32. The molecule has 0 spiro atoms. The zero-order valence-electron chi connectivity index (χ0n) is 16.3. The molecule has 1 fully saturated rings. The van der Waals surface area contributed by atoms with Crippen LogP contribution in [0, 0.1) is 0 Å². The number of hydrogen-bond acceptors (Lipinski definition) is 5. The van der Waals surface area contributed by atoms with Gasteiger partial charge in [0.15, 0.2) is 11.9 Å². The fraction of sp³-hybridized carbons (Fsp3) is 0.500. The van der Waals surface area contributed by atoms with Gasteiger partial charge >= 0.3 is 0 Å². The van der Waals surface area contributed by atoms with E-state index < -0.39 is 6.10 Å². The number of likely N-dealkylation sites (N-methyl/N-ethyl adjacent to an activating group) is 1. The lowest BCUT2D eigenvalue weighted by atomic mass is 9.96. The smallest absolute Gasteiger partial charge is 0.256 e. The van der Waals surface area contributed by atoms with E-state index in [2.05, 4.69) is 23.0 Å². The van der Waals surface area contributed by atoms with E-state index in [9.17, 15) is 4.79 Å². The number of nitrogens with zero attached hydrogens (tertiary/aromatic N) is 4. The van der Waals surface area contributed by atoms with Gasteiger partial charge in [-0.2, -0.15) is 0 Å². The van der Waals surface area contributed by atoms with Gasteiger partial charge in [0.2, 0.25) is 0 Å². The van der Waals surface area contributed by atoms with E-state index in [0.29, 0.717) is 6.61 Å². The molecule has 6 heteroatoms. The van der Waals surface area contributed by atoms with Crippen LogP contribution in [0.2, 0.25) is 0 Å². The molecule has 28 heavy (non-hydrogen) atoms. The SMILES string of the molecule is CN1CCc2nc([C@@H]3CCCN3C(=O)[C@@H]3OCCc4ccccc43)ncc2C1. The minimum absolute atomic E-state index is 0.0462. The standard InChI is InChI=1S/C22H26N4O2/c1-25-11-8-18-16(14-25)13-23-21(24-18)19-7-4-10-26(19)22(27)20-17-6-3-2-5-15(17)9-12-28-20/h2-3,5-6,13,19-20H,4,7-12,14H2,1H3/t19-,20+/m0/s1. The third-order valence-corrected chi connectivity index (χ3v) is 6.20. The molecule has 1 aromatic heterocycles. The first-order chi connectivity index (χ1) is 13.7. The topological polar surface area (TPSA) is 58.6 Å². The first-order valence-electron chi connectivity index (χ1n) is 10.2. The predicted octanol–water partition coefficient (Wildman–Crippen LogP) is 2.44. The Morgan fingerprint density at radius 2 is 2.07 bits per heavy atom. The van der Waals surface area contributed by atoms with E-state index in [4.69, 9.17) is 9.72 Å². The highest BCUT2D eigenvalue weighted by molar-refractivity contribution is 5.83. The lowest BCUT2D eigenvalue weighted by Crippen LogP contribution is -2.38. The Balaban J connectivity index is 1.41. The predicted molar refractivity (Wildman–Crippen MR) is 105 cm³/mol. The molecular weight excluding hydrogens is 352 g/mol. The quantitative estimate of drug-likeness (QED) is 0.803. The average Bonchev–Trinajstić information content (AvgIpc) is 3.22. The van der Waals surface area contributed by atoms with Crippen molar-refractivity contribution >= 4 is 5.91 Å². The van der Waals surface area contributed by atoms with Gasteiger partial charge in [0.05, 0.1) is 12.6 Å². The molecule has 6 nitrogen and oxygen atoms in total. The number of rotatable bonds is 2. The molecule has 0 bridgehead atoms. The van der Waals surface area contributed by atoms with Gasteiger partial charge < -0.3 is 14.5 Å². The maximum atomic E-state index is 13.4. The molecule has 0 radical (unpaired) electrons. The highest BCUT2D eigenvalue weighted by atomic mass is 16.5. The van der Waals surface area contributed by atoms with Gasteiger partial charge in [-0.15, -0.1) is 0 Å². The number of aromatic nitrogens is 2. The Labute approximate surface area is 165 Å². The maximum absolute atomic E-state index is 13.4. The van der Waals surface area contributed by atoms with Crippen molar-refractivity contribution < 1.29 is 9.53 Å². The van der Waals surface area contributed by atoms with Crippen LogP contribution in [0.5, 0.6) is 0 Å². The van der Waals surface area contributed by atoms with Crippen LogP contribution in [0.25, 0.3) is 0 Å². The molecule has 0 saturated carbocycles.